The number of rotatable bonds is 8. The van der Waals surface area contributed by atoms with Gasteiger partial charge in [-0.05, 0) is 18.4 Å². The van der Waals surface area contributed by atoms with Crippen LogP contribution in [0.4, 0.5) is 0 Å². The van der Waals surface area contributed by atoms with Crippen molar-refractivity contribution >= 4 is 17.7 Å². The Morgan fingerprint density at radius 3 is 2.54 bits per heavy atom. The van der Waals surface area contributed by atoms with Crippen LogP contribution in [0, 0.1) is 0 Å². The smallest absolute Gasteiger partial charge is 0.233 e. The summed E-state index contributed by atoms with van der Waals surface area (Å²) in [6, 6.07) is 10.3. The second kappa shape index (κ2) is 9.07. The Hall–Kier alpha value is -1.90. The van der Waals surface area contributed by atoms with Gasteiger partial charge in [0.05, 0.1) is 18.9 Å². The Morgan fingerprint density at radius 2 is 1.86 bits per heavy atom. The van der Waals surface area contributed by atoms with Gasteiger partial charge in [0.1, 0.15) is 5.82 Å². The summed E-state index contributed by atoms with van der Waals surface area (Å²) in [7, 11) is 0. The summed E-state index contributed by atoms with van der Waals surface area (Å²) >= 11 is 1.49. The lowest BCUT2D eigenvalue weighted by atomic mass is 10.2. The molecule has 2 fully saturated rings. The maximum absolute atomic E-state index is 12.6. The highest BCUT2D eigenvalue weighted by Gasteiger charge is 2.31. The van der Waals surface area contributed by atoms with Crippen molar-refractivity contribution in [2.45, 2.75) is 30.5 Å². The first kappa shape index (κ1) is 19.4. The second-order valence-corrected chi connectivity index (χ2v) is 8.36. The number of benzene rings is 1. The molecule has 0 radical (unpaired) electrons. The van der Waals surface area contributed by atoms with Gasteiger partial charge in [0.2, 0.25) is 5.91 Å². The van der Waals surface area contributed by atoms with Crippen molar-refractivity contribution in [3.8, 4) is 0 Å². The van der Waals surface area contributed by atoms with Crippen LogP contribution in [0.3, 0.4) is 0 Å². The Labute approximate surface area is 169 Å². The average Bonchev–Trinajstić information content (AvgIpc) is 3.50. The number of carbonyl (C=O) groups excluding carboxylic acids is 1. The number of hydrogen-bond acceptors (Lipinski definition) is 6. The fraction of sp³-hybridized carbons (Fsp3) is 0.550. The molecule has 7 nitrogen and oxygen atoms in total. The van der Waals surface area contributed by atoms with Gasteiger partial charge in [-0.25, -0.2) is 0 Å². The van der Waals surface area contributed by atoms with Crippen molar-refractivity contribution in [2.24, 2.45) is 0 Å². The number of carbonyl (C=O) groups is 1. The largest absolute Gasteiger partial charge is 0.395 e. The summed E-state index contributed by atoms with van der Waals surface area (Å²) in [5.74, 6) is 2.10. The molecule has 28 heavy (non-hydrogen) atoms. The molecular formula is C20H27N5O2S. The number of aliphatic hydroxyl groups excluding tert-OH is 1. The highest BCUT2D eigenvalue weighted by Crippen LogP contribution is 2.40. The van der Waals surface area contributed by atoms with Crippen LogP contribution in [0.25, 0.3) is 0 Å². The molecule has 1 aromatic carbocycles. The zero-order chi connectivity index (χ0) is 19.3. The molecule has 0 spiro atoms. The maximum atomic E-state index is 12.6. The minimum Gasteiger partial charge on any atom is -0.395 e. The molecular weight excluding hydrogens is 374 g/mol. The predicted molar refractivity (Wildman–Crippen MR) is 108 cm³/mol. The molecule has 2 aromatic rings. The molecule has 0 unspecified atom stereocenters. The summed E-state index contributed by atoms with van der Waals surface area (Å²) in [6.07, 6.45) is 2.35. The van der Waals surface area contributed by atoms with E-state index in [0.29, 0.717) is 18.2 Å². The Balaban J connectivity index is 1.37. The van der Waals surface area contributed by atoms with Gasteiger partial charge in [0.15, 0.2) is 5.16 Å². The first-order valence-corrected chi connectivity index (χ1v) is 10.9. The lowest BCUT2D eigenvalue weighted by Gasteiger charge is -2.34. The molecule has 1 N–H and O–H groups in total. The molecule has 8 heteroatoms. The van der Waals surface area contributed by atoms with E-state index in [4.69, 9.17) is 5.11 Å². The Morgan fingerprint density at radius 1 is 1.11 bits per heavy atom. The first-order chi connectivity index (χ1) is 13.7. The SMILES string of the molecule is O=C(CSc1nnc(C2CC2)n1Cc1ccccc1)N1CCN(CCO)CC1. The zero-order valence-corrected chi connectivity index (χ0v) is 16.9. The van der Waals surface area contributed by atoms with Crippen LogP contribution < -0.4 is 0 Å². The second-order valence-electron chi connectivity index (χ2n) is 7.42. The molecule has 4 rings (SSSR count). The molecule has 2 heterocycles. The summed E-state index contributed by atoms with van der Waals surface area (Å²) in [5, 5.41) is 18.7. The lowest BCUT2D eigenvalue weighted by Crippen LogP contribution is -2.49. The van der Waals surface area contributed by atoms with Gasteiger partial charge in [-0.3, -0.25) is 9.69 Å². The Bertz CT molecular complexity index is 785. The predicted octanol–water partition coefficient (Wildman–Crippen LogP) is 1.43. The van der Waals surface area contributed by atoms with Crippen LogP contribution in [-0.4, -0.2) is 80.7 Å². The monoisotopic (exact) mass is 401 g/mol. The topological polar surface area (TPSA) is 74.5 Å². The fourth-order valence-corrected chi connectivity index (χ4v) is 4.39. The average molecular weight is 402 g/mol. The molecule has 150 valence electrons. The molecule has 1 aromatic heterocycles. The fourth-order valence-electron chi connectivity index (χ4n) is 3.54. The van der Waals surface area contributed by atoms with Gasteiger partial charge in [-0.15, -0.1) is 10.2 Å². The highest BCUT2D eigenvalue weighted by atomic mass is 32.2. The third-order valence-electron chi connectivity index (χ3n) is 5.34. The van der Waals surface area contributed by atoms with E-state index >= 15 is 0 Å². The number of aliphatic hydroxyl groups is 1. The first-order valence-electron chi connectivity index (χ1n) is 9.95. The highest BCUT2D eigenvalue weighted by molar-refractivity contribution is 7.99. The number of thioether (sulfide) groups is 1. The number of β-amino-alcohol motifs (C(OH)–C–C–N with tert-alkyl or cyclic N) is 1. The van der Waals surface area contributed by atoms with Crippen LogP contribution in [0.5, 0.6) is 0 Å². The minimum atomic E-state index is 0.149. The number of nitrogens with zero attached hydrogens (tertiary/aromatic N) is 5. The quantitative estimate of drug-likeness (QED) is 0.675. The number of hydrogen-bond donors (Lipinski definition) is 1. The van der Waals surface area contributed by atoms with Gasteiger partial charge in [-0.1, -0.05) is 42.1 Å². The van der Waals surface area contributed by atoms with Gasteiger partial charge < -0.3 is 14.6 Å². The van der Waals surface area contributed by atoms with E-state index in [1.54, 1.807) is 0 Å². The summed E-state index contributed by atoms with van der Waals surface area (Å²) in [5.41, 5.74) is 1.22. The summed E-state index contributed by atoms with van der Waals surface area (Å²) in [4.78, 5) is 16.7. The molecule has 1 saturated heterocycles. The van der Waals surface area contributed by atoms with Crippen LogP contribution in [-0.2, 0) is 11.3 Å². The van der Waals surface area contributed by atoms with Crippen molar-refractivity contribution in [3.05, 3.63) is 41.7 Å². The molecule has 0 atom stereocenters. The van der Waals surface area contributed by atoms with E-state index < -0.39 is 0 Å². The molecule has 1 amide bonds. The minimum absolute atomic E-state index is 0.149. The van der Waals surface area contributed by atoms with Crippen LogP contribution in [0.1, 0.15) is 30.1 Å². The van der Waals surface area contributed by atoms with Crippen molar-refractivity contribution in [2.75, 3.05) is 45.1 Å². The number of amides is 1. The van der Waals surface area contributed by atoms with Crippen molar-refractivity contribution in [3.63, 3.8) is 0 Å². The molecule has 2 aliphatic rings. The van der Waals surface area contributed by atoms with E-state index in [2.05, 4.69) is 31.8 Å². The van der Waals surface area contributed by atoms with Crippen molar-refractivity contribution in [1.82, 2.24) is 24.6 Å². The van der Waals surface area contributed by atoms with Crippen molar-refractivity contribution in [1.29, 1.82) is 0 Å². The number of aromatic nitrogens is 3. The van der Waals surface area contributed by atoms with Gasteiger partial charge in [0, 0.05) is 38.6 Å². The van der Waals surface area contributed by atoms with Gasteiger partial charge in [-0.2, -0.15) is 0 Å². The van der Waals surface area contributed by atoms with E-state index in [1.165, 1.54) is 30.2 Å². The molecule has 0 bridgehead atoms. The van der Waals surface area contributed by atoms with E-state index in [-0.39, 0.29) is 12.5 Å². The molecule has 1 saturated carbocycles. The van der Waals surface area contributed by atoms with Crippen LogP contribution in [0.2, 0.25) is 0 Å². The van der Waals surface area contributed by atoms with E-state index in [0.717, 1.165) is 43.7 Å². The summed E-state index contributed by atoms with van der Waals surface area (Å²) in [6.45, 7) is 4.70. The third kappa shape index (κ3) is 4.74. The lowest BCUT2D eigenvalue weighted by molar-refractivity contribution is -0.130. The standard InChI is InChI=1S/C20H27N5O2S/c26-13-12-23-8-10-24(11-9-23)18(27)15-28-20-22-21-19(17-6-7-17)25(20)14-16-4-2-1-3-5-16/h1-5,17,26H,6-15H2. The van der Waals surface area contributed by atoms with Crippen LogP contribution in [0.15, 0.2) is 35.5 Å². The van der Waals surface area contributed by atoms with E-state index in [1.807, 2.05) is 23.1 Å². The van der Waals surface area contributed by atoms with E-state index in [9.17, 15) is 4.79 Å². The maximum Gasteiger partial charge on any atom is 0.233 e. The number of piperazine rings is 1. The van der Waals surface area contributed by atoms with Crippen molar-refractivity contribution < 1.29 is 9.90 Å². The normalized spacial score (nSPS) is 17.8. The van der Waals surface area contributed by atoms with Gasteiger partial charge >= 0.3 is 0 Å². The molecule has 1 aliphatic carbocycles. The third-order valence-corrected chi connectivity index (χ3v) is 6.29. The Kier molecular flexibility index (Phi) is 6.29. The van der Waals surface area contributed by atoms with Crippen LogP contribution >= 0.6 is 11.8 Å². The zero-order valence-electron chi connectivity index (χ0n) is 16.0. The molecule has 1 aliphatic heterocycles. The van der Waals surface area contributed by atoms with Gasteiger partial charge in [0.25, 0.3) is 0 Å². The summed E-state index contributed by atoms with van der Waals surface area (Å²) < 4.78 is 2.18.